The van der Waals surface area contributed by atoms with E-state index in [0.29, 0.717) is 21.6 Å². The highest BCUT2D eigenvalue weighted by molar-refractivity contribution is 6.36. The zero-order valence-corrected chi connectivity index (χ0v) is 15.0. The third-order valence-electron chi connectivity index (χ3n) is 4.26. The molecule has 8 heteroatoms. The lowest BCUT2D eigenvalue weighted by molar-refractivity contribution is -0.101. The summed E-state index contributed by atoms with van der Waals surface area (Å²) in [7, 11) is 0. The molecule has 0 bridgehead atoms. The summed E-state index contributed by atoms with van der Waals surface area (Å²) in [5.74, 6) is -3.16. The molecule has 2 aromatic heterocycles. The number of aromatic amines is 1. The molecule has 0 spiro atoms. The van der Waals surface area contributed by atoms with E-state index in [4.69, 9.17) is 11.6 Å². The fourth-order valence-corrected chi connectivity index (χ4v) is 3.04. The second kappa shape index (κ2) is 7.66. The lowest BCUT2D eigenvalue weighted by Crippen LogP contribution is -2.47. The van der Waals surface area contributed by atoms with Gasteiger partial charge in [0.1, 0.15) is 5.65 Å². The molecule has 1 saturated carbocycles. The number of alkyl halides is 2. The van der Waals surface area contributed by atoms with Crippen LogP contribution in [0.4, 0.5) is 8.78 Å². The predicted octanol–water partition coefficient (Wildman–Crippen LogP) is 3.91. The van der Waals surface area contributed by atoms with Crippen molar-refractivity contribution in [2.75, 3.05) is 6.54 Å². The molecule has 1 fully saturated rings. The van der Waals surface area contributed by atoms with Gasteiger partial charge >= 0.3 is 0 Å². The molecule has 5 nitrogen and oxygen atoms in total. The highest BCUT2D eigenvalue weighted by Crippen LogP contribution is 2.38. The summed E-state index contributed by atoms with van der Waals surface area (Å²) >= 11 is 6.08. The zero-order valence-electron chi connectivity index (χ0n) is 14.2. The maximum absolute atomic E-state index is 13.2. The minimum Gasteiger partial charge on any atom is -0.388 e. The van der Waals surface area contributed by atoms with Crippen LogP contribution in [0.3, 0.4) is 0 Å². The standard InChI is InChI=1S/C15H16ClF2N3O2.C2H6/c16-10-1-6-19-12-11(10)9(7-20-12)13(22)21-8-14(23)2-4-15(17,18)5-3-14;1-2/h1,6-7,23H,2-5,8H2,(H,19,20)(H,21,22);1-2H3. The normalized spacial score (nSPS) is 18.3. The Kier molecular flexibility index (Phi) is 6.00. The Labute approximate surface area is 149 Å². The molecule has 25 heavy (non-hydrogen) atoms. The summed E-state index contributed by atoms with van der Waals surface area (Å²) < 4.78 is 26.3. The minimum atomic E-state index is -2.73. The van der Waals surface area contributed by atoms with Crippen molar-refractivity contribution in [2.24, 2.45) is 0 Å². The number of aliphatic hydroxyl groups is 1. The summed E-state index contributed by atoms with van der Waals surface area (Å²) in [4.78, 5) is 19.2. The second-order valence-electron chi connectivity index (χ2n) is 5.98. The lowest BCUT2D eigenvalue weighted by Gasteiger charge is -2.35. The van der Waals surface area contributed by atoms with Gasteiger partial charge in [0.15, 0.2) is 0 Å². The molecule has 0 aliphatic heterocycles. The number of pyridine rings is 1. The van der Waals surface area contributed by atoms with E-state index in [1.807, 2.05) is 13.8 Å². The number of hydrogen-bond donors (Lipinski definition) is 3. The topological polar surface area (TPSA) is 78.0 Å². The first-order valence-electron chi connectivity index (χ1n) is 8.30. The smallest absolute Gasteiger partial charge is 0.253 e. The van der Waals surface area contributed by atoms with Crippen LogP contribution in [0.1, 0.15) is 49.9 Å². The summed E-state index contributed by atoms with van der Waals surface area (Å²) in [5, 5.41) is 13.8. The fourth-order valence-electron chi connectivity index (χ4n) is 2.79. The Hall–Kier alpha value is -1.73. The van der Waals surface area contributed by atoms with E-state index in [-0.39, 0.29) is 32.2 Å². The number of hydrogen-bond acceptors (Lipinski definition) is 3. The lowest BCUT2D eigenvalue weighted by atomic mass is 9.82. The summed E-state index contributed by atoms with van der Waals surface area (Å²) in [6.07, 6.45) is 2.17. The molecule has 0 aromatic carbocycles. The first kappa shape index (κ1) is 19.6. The number of carbonyl (C=O) groups is 1. The Morgan fingerprint density at radius 1 is 1.36 bits per heavy atom. The van der Waals surface area contributed by atoms with Crippen LogP contribution in [0, 0.1) is 0 Å². The van der Waals surface area contributed by atoms with Crippen molar-refractivity contribution in [3.8, 4) is 0 Å². The molecule has 138 valence electrons. The third kappa shape index (κ3) is 4.46. The largest absolute Gasteiger partial charge is 0.388 e. The summed E-state index contributed by atoms with van der Waals surface area (Å²) in [6.45, 7) is 3.92. The molecule has 0 saturated heterocycles. The van der Waals surface area contributed by atoms with E-state index < -0.39 is 17.4 Å². The average molecular weight is 374 g/mol. The predicted molar refractivity (Wildman–Crippen MR) is 93.1 cm³/mol. The van der Waals surface area contributed by atoms with E-state index >= 15 is 0 Å². The van der Waals surface area contributed by atoms with Crippen molar-refractivity contribution in [1.82, 2.24) is 15.3 Å². The number of rotatable bonds is 3. The van der Waals surface area contributed by atoms with Crippen LogP contribution in [0.25, 0.3) is 11.0 Å². The van der Waals surface area contributed by atoms with Gasteiger partial charge in [-0.2, -0.15) is 0 Å². The van der Waals surface area contributed by atoms with Crippen molar-refractivity contribution in [1.29, 1.82) is 0 Å². The SMILES string of the molecule is CC.O=C(NCC1(O)CCC(F)(F)CC1)c1c[nH]c2nccc(Cl)c12. The van der Waals surface area contributed by atoms with Gasteiger partial charge < -0.3 is 15.4 Å². The van der Waals surface area contributed by atoms with Crippen LogP contribution in [-0.2, 0) is 0 Å². The highest BCUT2D eigenvalue weighted by atomic mass is 35.5. The van der Waals surface area contributed by atoms with Crippen LogP contribution in [-0.4, -0.2) is 39.1 Å². The second-order valence-corrected chi connectivity index (χ2v) is 6.39. The Bertz CT molecular complexity index is 739. The number of aromatic nitrogens is 2. The third-order valence-corrected chi connectivity index (χ3v) is 4.57. The number of amides is 1. The van der Waals surface area contributed by atoms with Crippen molar-refractivity contribution < 1.29 is 18.7 Å². The molecular weight excluding hydrogens is 352 g/mol. The molecule has 1 aliphatic carbocycles. The Balaban J connectivity index is 0.00000109. The number of halogens is 3. The number of H-pyrrole nitrogens is 1. The summed E-state index contributed by atoms with van der Waals surface area (Å²) in [6, 6.07) is 1.57. The number of nitrogens with one attached hydrogen (secondary N) is 2. The Morgan fingerprint density at radius 3 is 2.64 bits per heavy atom. The molecule has 1 aliphatic rings. The molecule has 3 rings (SSSR count). The number of nitrogens with zero attached hydrogens (tertiary/aromatic N) is 1. The van der Waals surface area contributed by atoms with E-state index in [1.54, 1.807) is 6.07 Å². The van der Waals surface area contributed by atoms with Gasteiger partial charge in [-0.05, 0) is 18.9 Å². The first-order valence-corrected chi connectivity index (χ1v) is 8.68. The van der Waals surface area contributed by atoms with Gasteiger partial charge in [-0.1, -0.05) is 25.4 Å². The van der Waals surface area contributed by atoms with Gasteiger partial charge in [-0.15, -0.1) is 0 Å². The monoisotopic (exact) mass is 373 g/mol. The molecule has 2 heterocycles. The minimum absolute atomic E-state index is 0.0452. The molecular formula is C17H22ClF2N3O2. The van der Waals surface area contributed by atoms with Gasteiger partial charge in [-0.25, -0.2) is 13.8 Å². The highest BCUT2D eigenvalue weighted by Gasteiger charge is 2.42. The molecule has 0 atom stereocenters. The van der Waals surface area contributed by atoms with Gasteiger partial charge in [0.25, 0.3) is 5.91 Å². The molecule has 1 amide bonds. The van der Waals surface area contributed by atoms with Crippen LogP contribution >= 0.6 is 11.6 Å². The van der Waals surface area contributed by atoms with E-state index in [2.05, 4.69) is 15.3 Å². The molecule has 0 unspecified atom stereocenters. The zero-order chi connectivity index (χ0) is 18.7. The summed E-state index contributed by atoms with van der Waals surface area (Å²) in [5.41, 5.74) is -0.507. The molecule has 3 N–H and O–H groups in total. The van der Waals surface area contributed by atoms with Crippen LogP contribution in [0.15, 0.2) is 18.5 Å². The van der Waals surface area contributed by atoms with Gasteiger partial charge in [0, 0.05) is 31.8 Å². The van der Waals surface area contributed by atoms with E-state index in [1.165, 1.54) is 12.4 Å². The fraction of sp³-hybridized carbons (Fsp3) is 0.529. The number of carbonyl (C=O) groups excluding carboxylic acids is 1. The number of fused-ring (bicyclic) bond motifs is 1. The maximum atomic E-state index is 13.2. The van der Waals surface area contributed by atoms with Crippen LogP contribution in [0.2, 0.25) is 5.02 Å². The van der Waals surface area contributed by atoms with Crippen LogP contribution < -0.4 is 5.32 Å². The average Bonchev–Trinajstić information content (AvgIpc) is 3.04. The quantitative estimate of drug-likeness (QED) is 0.763. The van der Waals surface area contributed by atoms with E-state index in [0.717, 1.165) is 0 Å². The van der Waals surface area contributed by atoms with Crippen molar-refractivity contribution in [2.45, 2.75) is 51.1 Å². The van der Waals surface area contributed by atoms with E-state index in [9.17, 15) is 18.7 Å². The van der Waals surface area contributed by atoms with Crippen molar-refractivity contribution >= 4 is 28.5 Å². The maximum Gasteiger partial charge on any atom is 0.253 e. The first-order chi connectivity index (χ1) is 11.8. The van der Waals surface area contributed by atoms with Crippen molar-refractivity contribution in [3.63, 3.8) is 0 Å². The van der Waals surface area contributed by atoms with Gasteiger partial charge in [0.05, 0.1) is 21.6 Å². The Morgan fingerprint density at radius 2 is 2.00 bits per heavy atom. The van der Waals surface area contributed by atoms with Crippen LogP contribution in [0.5, 0.6) is 0 Å². The molecule has 2 aromatic rings. The molecule has 0 radical (unpaired) electrons. The van der Waals surface area contributed by atoms with Gasteiger partial charge in [0.2, 0.25) is 5.92 Å². The van der Waals surface area contributed by atoms with Gasteiger partial charge in [-0.3, -0.25) is 4.79 Å². The van der Waals surface area contributed by atoms with Crippen molar-refractivity contribution in [3.05, 3.63) is 29.0 Å².